The van der Waals surface area contributed by atoms with E-state index in [0.717, 1.165) is 5.56 Å². The molecule has 0 aliphatic carbocycles. The molecule has 2 rings (SSSR count). The number of benzene rings is 1. The minimum atomic E-state index is -0.399. The highest BCUT2D eigenvalue weighted by atomic mass is 16.3. The third-order valence-electron chi connectivity index (χ3n) is 2.45. The molecule has 0 unspecified atom stereocenters. The van der Waals surface area contributed by atoms with Gasteiger partial charge in [0.05, 0.1) is 6.21 Å². The molecule has 0 aliphatic rings. The Labute approximate surface area is 110 Å². The first-order chi connectivity index (χ1) is 9.16. The first kappa shape index (κ1) is 12.8. The number of nitrogens with one attached hydrogen (secondary N) is 1. The molecule has 0 bridgehead atoms. The van der Waals surface area contributed by atoms with E-state index in [1.54, 1.807) is 36.4 Å². The number of aryl methyl sites for hydroxylation is 1. The molecule has 0 fully saturated rings. The van der Waals surface area contributed by atoms with Crippen LogP contribution >= 0.6 is 0 Å². The largest absolute Gasteiger partial charge is 0.507 e. The van der Waals surface area contributed by atoms with E-state index < -0.39 is 5.91 Å². The van der Waals surface area contributed by atoms with Gasteiger partial charge in [0.15, 0.2) is 0 Å². The topological polar surface area (TPSA) is 74.6 Å². The van der Waals surface area contributed by atoms with Crippen LogP contribution in [0.3, 0.4) is 0 Å². The fourth-order valence-electron chi connectivity index (χ4n) is 1.49. The van der Waals surface area contributed by atoms with Crippen LogP contribution in [-0.4, -0.2) is 22.2 Å². The monoisotopic (exact) mass is 255 g/mol. The number of pyridine rings is 1. The Balaban J connectivity index is 2.04. The van der Waals surface area contributed by atoms with Gasteiger partial charge >= 0.3 is 0 Å². The zero-order valence-corrected chi connectivity index (χ0v) is 10.4. The van der Waals surface area contributed by atoms with E-state index in [1.807, 2.05) is 6.92 Å². The average molecular weight is 255 g/mol. The highest BCUT2D eigenvalue weighted by molar-refractivity contribution is 5.93. The SMILES string of the molecule is Cc1ccc(O)c(C=NNC(=O)c2ccccn2)c1. The van der Waals surface area contributed by atoms with E-state index >= 15 is 0 Å². The summed E-state index contributed by atoms with van der Waals surface area (Å²) in [5, 5.41) is 13.4. The summed E-state index contributed by atoms with van der Waals surface area (Å²) in [6, 6.07) is 10.2. The van der Waals surface area contributed by atoms with Crippen molar-refractivity contribution in [1.82, 2.24) is 10.4 Å². The number of carbonyl (C=O) groups is 1. The fraction of sp³-hybridized carbons (Fsp3) is 0.0714. The van der Waals surface area contributed by atoms with E-state index in [1.165, 1.54) is 12.4 Å². The van der Waals surface area contributed by atoms with Crippen LogP contribution in [0.4, 0.5) is 0 Å². The summed E-state index contributed by atoms with van der Waals surface area (Å²) in [7, 11) is 0. The fourth-order valence-corrected chi connectivity index (χ4v) is 1.49. The lowest BCUT2D eigenvalue weighted by Crippen LogP contribution is -2.18. The molecule has 1 heterocycles. The second-order valence-corrected chi connectivity index (χ2v) is 3.98. The predicted molar refractivity (Wildman–Crippen MR) is 72.1 cm³/mol. The third kappa shape index (κ3) is 3.38. The molecular formula is C14H13N3O2. The van der Waals surface area contributed by atoms with Crippen molar-refractivity contribution in [1.29, 1.82) is 0 Å². The summed E-state index contributed by atoms with van der Waals surface area (Å²) in [5.41, 5.74) is 4.17. The molecular weight excluding hydrogens is 242 g/mol. The van der Waals surface area contributed by atoms with Gasteiger partial charge in [-0.2, -0.15) is 5.10 Å². The number of rotatable bonds is 3. The smallest absolute Gasteiger partial charge is 0.289 e. The Kier molecular flexibility index (Phi) is 3.87. The van der Waals surface area contributed by atoms with E-state index in [2.05, 4.69) is 15.5 Å². The van der Waals surface area contributed by atoms with Crippen LogP contribution in [0.15, 0.2) is 47.7 Å². The molecule has 1 amide bonds. The Morgan fingerprint density at radius 3 is 2.95 bits per heavy atom. The Bertz CT molecular complexity index is 609. The number of carbonyl (C=O) groups excluding carboxylic acids is 1. The van der Waals surface area contributed by atoms with Crippen LogP contribution in [0, 0.1) is 6.92 Å². The second kappa shape index (κ2) is 5.77. The van der Waals surface area contributed by atoms with E-state index in [4.69, 9.17) is 0 Å². The first-order valence-corrected chi connectivity index (χ1v) is 5.71. The maximum Gasteiger partial charge on any atom is 0.289 e. The predicted octanol–water partition coefficient (Wildman–Crippen LogP) is 1.86. The maximum absolute atomic E-state index is 11.6. The number of aromatic hydroxyl groups is 1. The standard InChI is InChI=1S/C14H13N3O2/c1-10-5-6-13(18)11(8-10)9-16-17-14(19)12-4-2-3-7-15-12/h2-9,18H,1H3,(H,17,19). The molecule has 2 aromatic rings. The number of aromatic nitrogens is 1. The summed E-state index contributed by atoms with van der Waals surface area (Å²) < 4.78 is 0. The van der Waals surface area contributed by atoms with Gasteiger partial charge in [-0.15, -0.1) is 0 Å². The molecule has 0 saturated carbocycles. The lowest BCUT2D eigenvalue weighted by molar-refractivity contribution is 0.0950. The molecule has 0 atom stereocenters. The first-order valence-electron chi connectivity index (χ1n) is 5.71. The summed E-state index contributed by atoms with van der Waals surface area (Å²) in [4.78, 5) is 15.5. The molecule has 5 nitrogen and oxygen atoms in total. The highest BCUT2D eigenvalue weighted by Crippen LogP contribution is 2.15. The average Bonchev–Trinajstić information content (AvgIpc) is 2.43. The van der Waals surface area contributed by atoms with Crippen molar-refractivity contribution in [2.24, 2.45) is 5.10 Å². The van der Waals surface area contributed by atoms with Gasteiger partial charge in [-0.1, -0.05) is 17.7 Å². The van der Waals surface area contributed by atoms with Gasteiger partial charge in [0.2, 0.25) is 0 Å². The number of phenols is 1. The third-order valence-corrected chi connectivity index (χ3v) is 2.45. The number of hydrazone groups is 1. The van der Waals surface area contributed by atoms with Crippen LogP contribution in [0.2, 0.25) is 0 Å². The van der Waals surface area contributed by atoms with Crippen molar-refractivity contribution in [2.75, 3.05) is 0 Å². The van der Waals surface area contributed by atoms with Gasteiger partial charge in [-0.25, -0.2) is 5.43 Å². The van der Waals surface area contributed by atoms with Crippen molar-refractivity contribution in [3.8, 4) is 5.75 Å². The van der Waals surface area contributed by atoms with Gasteiger partial charge in [0, 0.05) is 11.8 Å². The Hall–Kier alpha value is -2.69. The molecule has 96 valence electrons. The number of amides is 1. The number of phenolic OH excluding ortho intramolecular Hbond substituents is 1. The zero-order chi connectivity index (χ0) is 13.7. The molecule has 1 aromatic carbocycles. The summed E-state index contributed by atoms with van der Waals surface area (Å²) in [6.45, 7) is 1.91. The summed E-state index contributed by atoms with van der Waals surface area (Å²) in [6.07, 6.45) is 2.92. The normalized spacial score (nSPS) is 10.6. The number of nitrogens with zero attached hydrogens (tertiary/aromatic N) is 2. The van der Waals surface area contributed by atoms with E-state index in [0.29, 0.717) is 5.56 Å². The van der Waals surface area contributed by atoms with Gasteiger partial charge in [-0.05, 0) is 31.2 Å². The van der Waals surface area contributed by atoms with E-state index in [-0.39, 0.29) is 11.4 Å². The number of hydrogen-bond donors (Lipinski definition) is 2. The molecule has 0 saturated heterocycles. The van der Waals surface area contributed by atoms with Crippen molar-refractivity contribution < 1.29 is 9.90 Å². The van der Waals surface area contributed by atoms with Crippen molar-refractivity contribution in [3.63, 3.8) is 0 Å². The molecule has 1 aromatic heterocycles. The van der Waals surface area contributed by atoms with E-state index in [9.17, 15) is 9.90 Å². The number of hydrogen-bond acceptors (Lipinski definition) is 4. The maximum atomic E-state index is 11.6. The molecule has 2 N–H and O–H groups in total. The van der Waals surface area contributed by atoms with Crippen LogP contribution in [-0.2, 0) is 0 Å². The second-order valence-electron chi connectivity index (χ2n) is 3.98. The zero-order valence-electron chi connectivity index (χ0n) is 10.4. The van der Waals surface area contributed by atoms with Crippen LogP contribution < -0.4 is 5.43 Å². The lowest BCUT2D eigenvalue weighted by atomic mass is 10.1. The van der Waals surface area contributed by atoms with Crippen molar-refractivity contribution in [2.45, 2.75) is 6.92 Å². The van der Waals surface area contributed by atoms with Crippen LogP contribution in [0.5, 0.6) is 5.75 Å². The highest BCUT2D eigenvalue weighted by Gasteiger charge is 2.04. The molecule has 5 heteroatoms. The minimum absolute atomic E-state index is 0.112. The van der Waals surface area contributed by atoms with Crippen molar-refractivity contribution in [3.05, 3.63) is 59.4 Å². The molecule has 0 spiro atoms. The van der Waals surface area contributed by atoms with Gasteiger partial charge in [0.1, 0.15) is 11.4 Å². The van der Waals surface area contributed by atoms with Crippen molar-refractivity contribution >= 4 is 12.1 Å². The summed E-state index contributed by atoms with van der Waals surface area (Å²) >= 11 is 0. The van der Waals surface area contributed by atoms with Crippen LogP contribution in [0.25, 0.3) is 0 Å². The van der Waals surface area contributed by atoms with Crippen LogP contribution in [0.1, 0.15) is 21.6 Å². The molecule has 0 aliphatic heterocycles. The van der Waals surface area contributed by atoms with Gasteiger partial charge in [-0.3, -0.25) is 9.78 Å². The summed E-state index contributed by atoms with van der Waals surface area (Å²) in [5.74, 6) is -0.287. The van der Waals surface area contributed by atoms with Gasteiger partial charge in [0.25, 0.3) is 5.91 Å². The lowest BCUT2D eigenvalue weighted by Gasteiger charge is -2.01. The molecule has 19 heavy (non-hydrogen) atoms. The quantitative estimate of drug-likeness (QED) is 0.649. The Morgan fingerprint density at radius 1 is 1.37 bits per heavy atom. The minimum Gasteiger partial charge on any atom is -0.507 e. The Morgan fingerprint density at radius 2 is 2.21 bits per heavy atom. The molecule has 0 radical (unpaired) electrons. The van der Waals surface area contributed by atoms with Gasteiger partial charge < -0.3 is 5.11 Å².